The lowest BCUT2D eigenvalue weighted by Gasteiger charge is -2.25. The Morgan fingerprint density at radius 3 is 2.68 bits per heavy atom. The molecule has 1 atom stereocenters. The van der Waals surface area contributed by atoms with Crippen molar-refractivity contribution in [2.45, 2.75) is 31.7 Å². The van der Waals surface area contributed by atoms with E-state index in [1.165, 1.54) is 11.1 Å². The maximum atomic E-state index is 12.5. The molecule has 0 radical (unpaired) electrons. The summed E-state index contributed by atoms with van der Waals surface area (Å²) in [5.74, 6) is 0.205. The van der Waals surface area contributed by atoms with Gasteiger partial charge >= 0.3 is 0 Å². The summed E-state index contributed by atoms with van der Waals surface area (Å²) >= 11 is 5.88. The summed E-state index contributed by atoms with van der Waals surface area (Å²) in [6, 6.07) is 16.4. The molecule has 1 aliphatic rings. The van der Waals surface area contributed by atoms with Gasteiger partial charge in [-0.05, 0) is 48.1 Å². The summed E-state index contributed by atoms with van der Waals surface area (Å²) in [7, 11) is 1.93. The molecule has 0 aliphatic heterocycles. The molecule has 0 aromatic heterocycles. The van der Waals surface area contributed by atoms with Crippen LogP contribution in [0.1, 0.15) is 35.6 Å². The molecule has 2 aromatic rings. The molecule has 2 nitrogen and oxygen atoms in total. The van der Waals surface area contributed by atoms with Gasteiger partial charge in [0, 0.05) is 18.5 Å². The third kappa shape index (κ3) is 3.17. The third-order valence-electron chi connectivity index (χ3n) is 4.50. The monoisotopic (exact) mass is 313 g/mol. The summed E-state index contributed by atoms with van der Waals surface area (Å²) in [5.41, 5.74) is 3.84. The zero-order valence-corrected chi connectivity index (χ0v) is 13.5. The Balaban J connectivity index is 1.62. The van der Waals surface area contributed by atoms with E-state index in [2.05, 4.69) is 24.3 Å². The van der Waals surface area contributed by atoms with Crippen molar-refractivity contribution in [3.63, 3.8) is 0 Å². The SMILES string of the molecule is CN(C(=O)CCc1ccc(Cl)cc1)C1CCc2ccccc21. The normalized spacial score (nSPS) is 16.4. The van der Waals surface area contributed by atoms with Crippen molar-refractivity contribution in [2.75, 3.05) is 7.05 Å². The number of fused-ring (bicyclic) bond motifs is 1. The minimum atomic E-state index is 0.205. The first-order valence-corrected chi connectivity index (χ1v) is 8.11. The van der Waals surface area contributed by atoms with Gasteiger partial charge in [-0.25, -0.2) is 0 Å². The fraction of sp³-hybridized carbons (Fsp3) is 0.316. The van der Waals surface area contributed by atoms with Gasteiger partial charge < -0.3 is 4.90 Å². The first kappa shape index (κ1) is 15.1. The van der Waals surface area contributed by atoms with E-state index in [1.54, 1.807) is 0 Å². The second-order valence-electron chi connectivity index (χ2n) is 5.88. The summed E-state index contributed by atoms with van der Waals surface area (Å²) in [5, 5.41) is 0.731. The maximum absolute atomic E-state index is 12.5. The van der Waals surface area contributed by atoms with Gasteiger partial charge in [-0.3, -0.25) is 4.79 Å². The molecular formula is C19H20ClNO. The van der Waals surface area contributed by atoms with Crippen molar-refractivity contribution < 1.29 is 4.79 Å². The van der Waals surface area contributed by atoms with Crippen LogP contribution in [-0.4, -0.2) is 17.9 Å². The van der Waals surface area contributed by atoms with Crippen molar-refractivity contribution in [1.29, 1.82) is 0 Å². The number of benzene rings is 2. The Labute approximate surface area is 136 Å². The van der Waals surface area contributed by atoms with E-state index in [0.717, 1.165) is 29.8 Å². The first-order chi connectivity index (χ1) is 10.6. The van der Waals surface area contributed by atoms with Crippen LogP contribution in [0.3, 0.4) is 0 Å². The van der Waals surface area contributed by atoms with Gasteiger partial charge in [0.1, 0.15) is 0 Å². The molecule has 2 aromatic carbocycles. The number of nitrogens with zero attached hydrogens (tertiary/aromatic N) is 1. The number of hydrogen-bond acceptors (Lipinski definition) is 1. The lowest BCUT2D eigenvalue weighted by Crippen LogP contribution is -2.30. The average molecular weight is 314 g/mol. The highest BCUT2D eigenvalue weighted by atomic mass is 35.5. The number of carbonyl (C=O) groups is 1. The van der Waals surface area contributed by atoms with Crippen LogP contribution >= 0.6 is 11.6 Å². The predicted molar refractivity (Wildman–Crippen MR) is 90.0 cm³/mol. The molecule has 0 bridgehead atoms. The molecule has 0 heterocycles. The topological polar surface area (TPSA) is 20.3 Å². The lowest BCUT2D eigenvalue weighted by molar-refractivity contribution is -0.132. The van der Waals surface area contributed by atoms with Gasteiger partial charge in [0.2, 0.25) is 5.91 Å². The second-order valence-corrected chi connectivity index (χ2v) is 6.32. The zero-order valence-electron chi connectivity index (χ0n) is 12.8. The van der Waals surface area contributed by atoms with Gasteiger partial charge in [-0.1, -0.05) is 48.0 Å². The van der Waals surface area contributed by atoms with Crippen LogP contribution in [0.2, 0.25) is 5.02 Å². The summed E-state index contributed by atoms with van der Waals surface area (Å²) in [6.45, 7) is 0. The molecule has 3 heteroatoms. The van der Waals surface area contributed by atoms with E-state index in [4.69, 9.17) is 11.6 Å². The zero-order chi connectivity index (χ0) is 15.5. The minimum absolute atomic E-state index is 0.205. The fourth-order valence-corrected chi connectivity index (χ4v) is 3.32. The minimum Gasteiger partial charge on any atom is -0.339 e. The van der Waals surface area contributed by atoms with Gasteiger partial charge in [0.05, 0.1) is 6.04 Å². The van der Waals surface area contributed by atoms with Gasteiger partial charge in [-0.2, -0.15) is 0 Å². The molecule has 1 amide bonds. The Hall–Kier alpha value is -1.80. The number of aryl methyl sites for hydroxylation is 2. The molecule has 0 saturated carbocycles. The Morgan fingerprint density at radius 1 is 1.18 bits per heavy atom. The van der Waals surface area contributed by atoms with Crippen LogP contribution in [0.5, 0.6) is 0 Å². The van der Waals surface area contributed by atoms with E-state index < -0.39 is 0 Å². The molecule has 0 saturated heterocycles. The van der Waals surface area contributed by atoms with Crippen molar-refractivity contribution in [2.24, 2.45) is 0 Å². The highest BCUT2D eigenvalue weighted by Gasteiger charge is 2.27. The van der Waals surface area contributed by atoms with Gasteiger partial charge in [0.15, 0.2) is 0 Å². The molecule has 0 spiro atoms. The summed E-state index contributed by atoms with van der Waals surface area (Å²) < 4.78 is 0. The third-order valence-corrected chi connectivity index (χ3v) is 4.75. The molecule has 114 valence electrons. The molecule has 22 heavy (non-hydrogen) atoms. The van der Waals surface area contributed by atoms with Crippen LogP contribution in [0.4, 0.5) is 0 Å². The summed E-state index contributed by atoms with van der Waals surface area (Å²) in [6.07, 6.45) is 3.39. The van der Waals surface area contributed by atoms with E-state index in [0.29, 0.717) is 6.42 Å². The molecule has 0 fully saturated rings. The van der Waals surface area contributed by atoms with Crippen LogP contribution in [0.15, 0.2) is 48.5 Å². The number of carbonyl (C=O) groups excluding carboxylic acids is 1. The molecule has 0 N–H and O–H groups in total. The van der Waals surface area contributed by atoms with Crippen molar-refractivity contribution in [3.8, 4) is 0 Å². The summed E-state index contributed by atoms with van der Waals surface area (Å²) in [4.78, 5) is 14.4. The number of amides is 1. The van der Waals surface area contributed by atoms with Crippen LogP contribution in [0.25, 0.3) is 0 Å². The first-order valence-electron chi connectivity index (χ1n) is 7.73. The van der Waals surface area contributed by atoms with E-state index >= 15 is 0 Å². The molecule has 1 unspecified atom stereocenters. The number of halogens is 1. The molecule has 1 aliphatic carbocycles. The van der Waals surface area contributed by atoms with Crippen molar-refractivity contribution in [3.05, 3.63) is 70.2 Å². The fourth-order valence-electron chi connectivity index (χ4n) is 3.19. The van der Waals surface area contributed by atoms with E-state index in [1.807, 2.05) is 36.2 Å². The average Bonchev–Trinajstić information content (AvgIpc) is 2.97. The highest BCUT2D eigenvalue weighted by molar-refractivity contribution is 6.30. The van der Waals surface area contributed by atoms with Crippen molar-refractivity contribution >= 4 is 17.5 Å². The second kappa shape index (κ2) is 6.53. The molecular weight excluding hydrogens is 294 g/mol. The van der Waals surface area contributed by atoms with E-state index in [-0.39, 0.29) is 11.9 Å². The highest BCUT2D eigenvalue weighted by Crippen LogP contribution is 2.35. The lowest BCUT2D eigenvalue weighted by atomic mass is 10.1. The predicted octanol–water partition coefficient (Wildman–Crippen LogP) is 4.42. The van der Waals surface area contributed by atoms with E-state index in [9.17, 15) is 4.79 Å². The molecule has 3 rings (SSSR count). The number of hydrogen-bond donors (Lipinski definition) is 0. The quantitative estimate of drug-likeness (QED) is 0.818. The number of rotatable bonds is 4. The van der Waals surface area contributed by atoms with Crippen LogP contribution in [0, 0.1) is 0 Å². The van der Waals surface area contributed by atoms with Crippen molar-refractivity contribution in [1.82, 2.24) is 4.90 Å². The van der Waals surface area contributed by atoms with Crippen LogP contribution < -0.4 is 0 Å². The Bertz CT molecular complexity index is 665. The standard InChI is InChI=1S/C19H20ClNO/c1-21(18-12-9-15-4-2-3-5-17(15)18)19(22)13-8-14-6-10-16(20)11-7-14/h2-7,10-11,18H,8-9,12-13H2,1H3. The Kier molecular flexibility index (Phi) is 4.49. The van der Waals surface area contributed by atoms with Crippen LogP contribution in [-0.2, 0) is 17.6 Å². The maximum Gasteiger partial charge on any atom is 0.223 e. The van der Waals surface area contributed by atoms with Gasteiger partial charge in [-0.15, -0.1) is 0 Å². The Morgan fingerprint density at radius 2 is 1.91 bits per heavy atom. The largest absolute Gasteiger partial charge is 0.339 e. The van der Waals surface area contributed by atoms with Gasteiger partial charge in [0.25, 0.3) is 0 Å². The smallest absolute Gasteiger partial charge is 0.223 e.